The molecule has 0 fully saturated rings. The predicted molar refractivity (Wildman–Crippen MR) is 95.8 cm³/mol. The van der Waals surface area contributed by atoms with Gasteiger partial charge in [-0.05, 0) is 48.0 Å². The lowest BCUT2D eigenvalue weighted by Crippen LogP contribution is -2.31. The van der Waals surface area contributed by atoms with Crippen LogP contribution in [-0.2, 0) is 17.5 Å². The molecule has 0 spiro atoms. The van der Waals surface area contributed by atoms with E-state index < -0.39 is 23.8 Å². The number of rotatable bonds is 6. The van der Waals surface area contributed by atoms with Gasteiger partial charge in [0.1, 0.15) is 18.0 Å². The molecule has 0 radical (unpaired) electrons. The number of hydrogen-bond donors (Lipinski definition) is 1. The molecule has 2 rings (SSSR count). The highest BCUT2D eigenvalue weighted by atomic mass is 79.9. The lowest BCUT2D eigenvalue weighted by Gasteiger charge is -2.18. The number of aromatic nitrogens is 2. The molecule has 0 aliphatic rings. The molecule has 148 valence electrons. The van der Waals surface area contributed by atoms with E-state index in [0.29, 0.717) is 17.1 Å². The second-order valence-corrected chi connectivity index (χ2v) is 6.59. The van der Waals surface area contributed by atoms with Crippen molar-refractivity contribution >= 4 is 21.8 Å². The third-order valence-corrected chi connectivity index (χ3v) is 4.93. The molecule has 1 unspecified atom stereocenters. The molecule has 10 heteroatoms. The summed E-state index contributed by atoms with van der Waals surface area (Å²) in [7, 11) is 3.02. The number of nitrogens with zero attached hydrogens (tertiary/aromatic N) is 2. The van der Waals surface area contributed by atoms with Crippen molar-refractivity contribution in [1.82, 2.24) is 15.1 Å². The Morgan fingerprint density at radius 1 is 1.33 bits per heavy atom. The van der Waals surface area contributed by atoms with E-state index in [-0.39, 0.29) is 16.7 Å². The molecule has 1 aromatic carbocycles. The van der Waals surface area contributed by atoms with E-state index in [0.717, 1.165) is 4.68 Å². The van der Waals surface area contributed by atoms with Crippen molar-refractivity contribution in [3.05, 3.63) is 39.6 Å². The molecule has 0 saturated heterocycles. The molecule has 1 aromatic heterocycles. The number of benzene rings is 1. The number of carbonyl (C=O) groups is 1. The van der Waals surface area contributed by atoms with Gasteiger partial charge >= 0.3 is 6.18 Å². The van der Waals surface area contributed by atoms with Gasteiger partial charge < -0.3 is 14.8 Å². The third-order valence-electron chi connectivity index (χ3n) is 3.98. The van der Waals surface area contributed by atoms with Crippen LogP contribution in [0.1, 0.15) is 29.9 Å². The van der Waals surface area contributed by atoms with Crippen molar-refractivity contribution in [2.24, 2.45) is 0 Å². The average molecular weight is 450 g/mol. The largest absolute Gasteiger partial charge is 0.497 e. The number of alkyl halides is 3. The number of hydrogen-bond acceptors (Lipinski definition) is 4. The van der Waals surface area contributed by atoms with Crippen molar-refractivity contribution in [3.8, 4) is 11.5 Å². The smallest absolute Gasteiger partial charge is 0.436 e. The molecule has 27 heavy (non-hydrogen) atoms. The van der Waals surface area contributed by atoms with Gasteiger partial charge in [0.15, 0.2) is 5.69 Å². The fourth-order valence-corrected chi connectivity index (χ4v) is 3.05. The normalized spacial score (nSPS) is 12.6. The van der Waals surface area contributed by atoms with Crippen LogP contribution in [0.15, 0.2) is 22.7 Å². The van der Waals surface area contributed by atoms with Crippen LogP contribution in [0.2, 0.25) is 0 Å². The second-order valence-electron chi connectivity index (χ2n) is 5.80. The van der Waals surface area contributed by atoms with E-state index >= 15 is 0 Å². The van der Waals surface area contributed by atoms with Gasteiger partial charge in [0.25, 0.3) is 0 Å². The Morgan fingerprint density at radius 3 is 2.52 bits per heavy atom. The Balaban J connectivity index is 2.17. The molecule has 2 aromatic rings. The number of amides is 1. The minimum absolute atomic E-state index is 0.176. The standard InChI is InChI=1S/C17H19BrF3N3O3/c1-9(12-7-11(26-3)5-6-13(12)27-4)22-14(25)8-24-10(2)15(18)16(23-24)17(19,20)21/h5-7,9H,8H2,1-4H3,(H,22,25). The summed E-state index contributed by atoms with van der Waals surface area (Å²) in [6.45, 7) is 2.84. The molecular weight excluding hydrogens is 431 g/mol. The van der Waals surface area contributed by atoms with E-state index in [9.17, 15) is 18.0 Å². The fraction of sp³-hybridized carbons (Fsp3) is 0.412. The maximum atomic E-state index is 12.9. The van der Waals surface area contributed by atoms with Crippen LogP contribution in [0, 0.1) is 6.92 Å². The zero-order valence-electron chi connectivity index (χ0n) is 15.1. The first-order valence-electron chi connectivity index (χ1n) is 7.89. The van der Waals surface area contributed by atoms with Crippen LogP contribution in [0.25, 0.3) is 0 Å². The first kappa shape index (κ1) is 21.1. The average Bonchev–Trinajstić information content (AvgIpc) is 2.89. The van der Waals surface area contributed by atoms with Crippen LogP contribution in [0.3, 0.4) is 0 Å². The molecule has 0 aliphatic carbocycles. The minimum atomic E-state index is -4.60. The zero-order valence-corrected chi connectivity index (χ0v) is 16.7. The maximum Gasteiger partial charge on any atom is 0.436 e. The number of carbonyl (C=O) groups excluding carboxylic acids is 1. The van der Waals surface area contributed by atoms with E-state index in [1.807, 2.05) is 0 Å². The molecule has 1 atom stereocenters. The maximum absolute atomic E-state index is 12.9. The van der Waals surface area contributed by atoms with Crippen molar-refractivity contribution in [2.75, 3.05) is 14.2 Å². The number of nitrogens with one attached hydrogen (secondary N) is 1. The number of ether oxygens (including phenoxy) is 2. The van der Waals surface area contributed by atoms with Crippen LogP contribution in [0.5, 0.6) is 11.5 Å². The second kappa shape index (κ2) is 8.20. The third kappa shape index (κ3) is 4.74. The van der Waals surface area contributed by atoms with E-state index in [1.165, 1.54) is 21.1 Å². The molecule has 0 aliphatic heterocycles. The summed E-state index contributed by atoms with van der Waals surface area (Å²) in [5, 5.41) is 6.23. The fourth-order valence-electron chi connectivity index (χ4n) is 2.54. The van der Waals surface area contributed by atoms with Gasteiger partial charge in [-0.2, -0.15) is 18.3 Å². The van der Waals surface area contributed by atoms with Gasteiger partial charge in [0.05, 0.1) is 30.4 Å². The van der Waals surface area contributed by atoms with Crippen molar-refractivity contribution in [3.63, 3.8) is 0 Å². The Labute approximate surface area is 162 Å². The SMILES string of the molecule is COc1ccc(OC)c(C(C)NC(=O)Cn2nc(C(F)(F)F)c(Br)c2C)c1. The van der Waals surface area contributed by atoms with Crippen molar-refractivity contribution < 1.29 is 27.4 Å². The zero-order chi connectivity index (χ0) is 20.4. The van der Waals surface area contributed by atoms with E-state index in [1.54, 1.807) is 25.1 Å². The Kier molecular flexibility index (Phi) is 6.40. The lowest BCUT2D eigenvalue weighted by molar-refractivity contribution is -0.142. The molecule has 0 bridgehead atoms. The van der Waals surface area contributed by atoms with Gasteiger partial charge in [-0.25, -0.2) is 0 Å². The van der Waals surface area contributed by atoms with E-state index in [2.05, 4.69) is 26.3 Å². The summed E-state index contributed by atoms with van der Waals surface area (Å²) in [4.78, 5) is 12.3. The summed E-state index contributed by atoms with van der Waals surface area (Å²) in [6.07, 6.45) is -4.60. The quantitative estimate of drug-likeness (QED) is 0.726. The first-order chi connectivity index (χ1) is 12.6. The minimum Gasteiger partial charge on any atom is -0.497 e. The van der Waals surface area contributed by atoms with Gasteiger partial charge in [0.2, 0.25) is 5.91 Å². The summed E-state index contributed by atoms with van der Waals surface area (Å²) in [5.74, 6) is 0.661. The monoisotopic (exact) mass is 449 g/mol. The summed E-state index contributed by atoms with van der Waals surface area (Å²) in [5.41, 5.74) is -0.168. The van der Waals surface area contributed by atoms with Crippen LogP contribution in [-0.4, -0.2) is 29.9 Å². The number of methoxy groups -OCH3 is 2. The lowest BCUT2D eigenvalue weighted by atomic mass is 10.1. The highest BCUT2D eigenvalue weighted by Crippen LogP contribution is 2.35. The van der Waals surface area contributed by atoms with Gasteiger partial charge in [0, 0.05) is 5.56 Å². The predicted octanol–water partition coefficient (Wildman–Crippen LogP) is 3.87. The van der Waals surface area contributed by atoms with Crippen molar-refractivity contribution in [2.45, 2.75) is 32.6 Å². The Hall–Kier alpha value is -2.23. The van der Waals surface area contributed by atoms with Gasteiger partial charge in [-0.1, -0.05) is 0 Å². The number of halogens is 4. The summed E-state index contributed by atoms with van der Waals surface area (Å²) >= 11 is 2.88. The van der Waals surface area contributed by atoms with Crippen LogP contribution in [0.4, 0.5) is 13.2 Å². The summed E-state index contributed by atoms with van der Waals surface area (Å²) in [6, 6.07) is 4.70. The molecule has 6 nitrogen and oxygen atoms in total. The highest BCUT2D eigenvalue weighted by Gasteiger charge is 2.38. The van der Waals surface area contributed by atoms with Gasteiger partial charge in [-0.3, -0.25) is 9.48 Å². The molecular formula is C17H19BrF3N3O3. The van der Waals surface area contributed by atoms with Crippen LogP contribution >= 0.6 is 15.9 Å². The van der Waals surface area contributed by atoms with Crippen LogP contribution < -0.4 is 14.8 Å². The molecule has 1 amide bonds. The summed E-state index contributed by atoms with van der Waals surface area (Å²) < 4.78 is 50.1. The molecule has 1 N–H and O–H groups in total. The Bertz CT molecular complexity index is 837. The Morgan fingerprint density at radius 2 is 2.00 bits per heavy atom. The van der Waals surface area contributed by atoms with E-state index in [4.69, 9.17) is 9.47 Å². The first-order valence-corrected chi connectivity index (χ1v) is 8.69. The topological polar surface area (TPSA) is 65.4 Å². The van der Waals surface area contributed by atoms with Gasteiger partial charge in [-0.15, -0.1) is 0 Å². The van der Waals surface area contributed by atoms with Crippen molar-refractivity contribution in [1.29, 1.82) is 0 Å². The molecule has 0 saturated carbocycles. The molecule has 1 heterocycles. The highest BCUT2D eigenvalue weighted by molar-refractivity contribution is 9.10.